The molecule has 31 heavy (non-hydrogen) atoms. The number of alkyl halides is 3. The fraction of sp³-hybridized carbons (Fsp3) is 0.500. The Kier molecular flexibility index (Phi) is 7.30. The van der Waals surface area contributed by atoms with Crippen molar-refractivity contribution >= 4 is 76.6 Å². The lowest BCUT2D eigenvalue weighted by Gasteiger charge is -2.58. The lowest BCUT2D eigenvalue weighted by atomic mass is 9.95. The Morgan fingerprint density at radius 3 is 2.84 bits per heavy atom. The van der Waals surface area contributed by atoms with Crippen LogP contribution in [-0.4, -0.2) is 86.5 Å². The van der Waals surface area contributed by atoms with Gasteiger partial charge in [-0.3, -0.25) is 19.3 Å². The van der Waals surface area contributed by atoms with Crippen LogP contribution < -0.4 is 5.32 Å². The van der Waals surface area contributed by atoms with Crippen LogP contribution in [0, 0.1) is 7.05 Å². The third-order valence-corrected chi connectivity index (χ3v) is 7.09. The first-order valence-corrected chi connectivity index (χ1v) is 11.4. The van der Waals surface area contributed by atoms with E-state index < -0.39 is 33.3 Å². The van der Waals surface area contributed by atoms with Crippen LogP contribution in [-0.2, 0) is 26.3 Å². The first kappa shape index (κ1) is 24.4. The van der Waals surface area contributed by atoms with Gasteiger partial charge in [0.25, 0.3) is 5.91 Å². The lowest BCUT2D eigenvalue weighted by Crippen LogP contribution is -2.84. The van der Waals surface area contributed by atoms with Crippen LogP contribution in [0.3, 0.4) is 0 Å². The minimum absolute atomic E-state index is 0.213. The van der Waals surface area contributed by atoms with E-state index in [1.54, 1.807) is 7.05 Å². The molecule has 2 radical (unpaired) electrons. The number of carbonyl (C=O) groups is 3. The second kappa shape index (κ2) is 9.29. The lowest BCUT2D eigenvalue weighted by molar-refractivity contribution is -0.235. The van der Waals surface area contributed by atoms with Gasteiger partial charge in [0, 0.05) is 18.6 Å². The summed E-state index contributed by atoms with van der Waals surface area (Å²) in [6.45, 7) is -0.517. The van der Waals surface area contributed by atoms with Crippen molar-refractivity contribution in [2.45, 2.75) is 20.0 Å². The van der Waals surface area contributed by atoms with Crippen molar-refractivity contribution in [1.29, 1.82) is 0 Å². The first-order valence-electron chi connectivity index (χ1n) is 8.24. The predicted molar refractivity (Wildman–Crippen MR) is 112 cm³/mol. The number of carboxylic acids is 1. The van der Waals surface area contributed by atoms with Gasteiger partial charge in [-0.2, -0.15) is 0 Å². The summed E-state index contributed by atoms with van der Waals surface area (Å²) in [5, 5.41) is 23.3. The van der Waals surface area contributed by atoms with E-state index in [2.05, 4.69) is 20.8 Å². The number of nitrogens with zero attached hydrogens (tertiary/aromatic N) is 6. The molecule has 0 aromatic carbocycles. The molecule has 1 aromatic rings. The Morgan fingerprint density at radius 1 is 1.58 bits per heavy atom. The number of aliphatic carboxylic acids is 1. The highest BCUT2D eigenvalue weighted by molar-refractivity contribution is 8.01. The van der Waals surface area contributed by atoms with E-state index in [1.807, 2.05) is 0 Å². The number of β-lactam (4-membered cyclic amide) rings is 1. The summed E-state index contributed by atoms with van der Waals surface area (Å²) >= 11 is 19.3. The van der Waals surface area contributed by atoms with Gasteiger partial charge in [0.15, 0.2) is 0 Å². The van der Waals surface area contributed by atoms with Crippen LogP contribution in [0.2, 0.25) is 0 Å². The third-order valence-electron chi connectivity index (χ3n) is 4.28. The van der Waals surface area contributed by atoms with Gasteiger partial charge < -0.3 is 10.4 Å². The minimum Gasteiger partial charge on any atom is -0.477 e. The second-order valence-corrected chi connectivity index (χ2v) is 10.7. The summed E-state index contributed by atoms with van der Waals surface area (Å²) in [5.41, 5.74) is -1.62. The van der Waals surface area contributed by atoms with Crippen molar-refractivity contribution in [3.63, 3.8) is 0 Å². The van der Waals surface area contributed by atoms with Crippen LogP contribution >= 0.6 is 58.3 Å². The molecule has 0 bridgehead atoms. The zero-order valence-electron chi connectivity index (χ0n) is 15.6. The summed E-state index contributed by atoms with van der Waals surface area (Å²) in [5.74, 6) is -1.67. The monoisotopic (exact) mass is 529 g/mol. The number of aryl methyl sites for hydroxylation is 1. The number of amides is 2. The molecule has 2 amide bonds. The van der Waals surface area contributed by atoms with E-state index >= 15 is 0 Å². The zero-order valence-corrected chi connectivity index (χ0v) is 19.5. The van der Waals surface area contributed by atoms with Crippen LogP contribution in [0.15, 0.2) is 16.4 Å². The normalized spacial score (nSPS) is 23.6. The number of hydrogen-bond acceptors (Lipinski definition) is 10. The van der Waals surface area contributed by atoms with Crippen molar-refractivity contribution in [1.82, 2.24) is 35.5 Å². The molecule has 2 aliphatic heterocycles. The molecule has 1 fully saturated rings. The van der Waals surface area contributed by atoms with E-state index in [0.29, 0.717) is 15.8 Å². The van der Waals surface area contributed by atoms with E-state index in [1.165, 1.54) is 28.2 Å². The number of hydroxylamine groups is 2. The van der Waals surface area contributed by atoms with Crippen LogP contribution in [0.5, 0.6) is 0 Å². The molecule has 0 unspecified atom stereocenters. The number of hydrogen-bond donors (Lipinski definition) is 2. The topological polar surface area (TPSA) is 143 Å². The summed E-state index contributed by atoms with van der Waals surface area (Å²) in [7, 11) is 7.51. The number of halogens is 3. The number of carbonyl (C=O) groups excluding carboxylic acids is 2. The van der Waals surface area contributed by atoms with Crippen molar-refractivity contribution < 1.29 is 24.3 Å². The molecule has 2 aliphatic rings. The van der Waals surface area contributed by atoms with Gasteiger partial charge in [0.2, 0.25) is 21.0 Å². The molecule has 3 heterocycles. The van der Waals surface area contributed by atoms with E-state index in [0.717, 1.165) is 4.90 Å². The average molecular weight is 531 g/mol. The fourth-order valence-corrected chi connectivity index (χ4v) is 5.54. The van der Waals surface area contributed by atoms with E-state index in [9.17, 15) is 19.5 Å². The highest BCUT2D eigenvalue weighted by Gasteiger charge is 2.68. The van der Waals surface area contributed by atoms with Gasteiger partial charge in [-0.05, 0) is 16.0 Å². The molecule has 0 spiro atoms. The Bertz CT molecular complexity index is 926. The predicted octanol–water partition coefficient (Wildman–Crippen LogP) is 0.271. The third kappa shape index (κ3) is 4.60. The van der Waals surface area contributed by atoms with Gasteiger partial charge in [0.05, 0.1) is 7.05 Å². The fourth-order valence-electron chi connectivity index (χ4n) is 2.94. The molecule has 3 rings (SSSR count). The number of aromatic nitrogens is 4. The molecule has 0 saturated carbocycles. The number of rotatable bonds is 9. The van der Waals surface area contributed by atoms with Gasteiger partial charge in [-0.15, -0.1) is 21.9 Å². The summed E-state index contributed by atoms with van der Waals surface area (Å²) in [6, 6.07) is 0. The Hall–Kier alpha value is -1.29. The Balaban J connectivity index is 1.86. The van der Waals surface area contributed by atoms with Crippen LogP contribution in [0.25, 0.3) is 0 Å². The largest absolute Gasteiger partial charge is 0.477 e. The Morgan fingerprint density at radius 2 is 2.29 bits per heavy atom. The molecule has 0 aliphatic carbocycles. The van der Waals surface area contributed by atoms with Crippen molar-refractivity contribution in [3.05, 3.63) is 18.3 Å². The van der Waals surface area contributed by atoms with Crippen molar-refractivity contribution in [2.75, 3.05) is 18.1 Å². The molecule has 1 aromatic heterocycles. The van der Waals surface area contributed by atoms with Gasteiger partial charge in [-0.1, -0.05) is 46.6 Å². The molecular formula is C14H14Cl3N7O5S2. The number of tetrazole rings is 1. The number of carboxylic acid groups (broad SMARTS) is 1. The summed E-state index contributed by atoms with van der Waals surface area (Å²) in [6.07, 6.45) is 0.255. The SMILES string of the molecule is [CH]N(OCC(Cl)(Cl)Cl)[C@]1(NC=O)C(=O)N2C(C(=O)O)=C(CSc3nnnn3C)CS[C@H]21. The molecule has 12 nitrogen and oxygen atoms in total. The number of fused-ring (bicyclic) bond motifs is 1. The maximum atomic E-state index is 13.1. The summed E-state index contributed by atoms with van der Waals surface area (Å²) in [4.78, 5) is 42.5. The number of nitrogens with one attached hydrogen (secondary N) is 1. The minimum atomic E-state index is -1.88. The van der Waals surface area contributed by atoms with Crippen LogP contribution in [0.4, 0.5) is 0 Å². The number of thioether (sulfide) groups is 2. The first-order chi connectivity index (χ1) is 14.5. The zero-order chi connectivity index (χ0) is 23.0. The molecule has 1 saturated heterocycles. The smallest absolute Gasteiger partial charge is 0.352 e. The quantitative estimate of drug-likeness (QED) is 0.0863. The Labute approximate surface area is 199 Å². The van der Waals surface area contributed by atoms with Crippen molar-refractivity contribution in [3.8, 4) is 0 Å². The average Bonchev–Trinajstić information content (AvgIpc) is 3.11. The molecule has 2 N–H and O–H groups in total. The van der Waals surface area contributed by atoms with E-state index in [4.69, 9.17) is 46.7 Å². The molecule has 17 heteroatoms. The molecule has 2 atom stereocenters. The van der Waals surface area contributed by atoms with Crippen LogP contribution in [0.1, 0.15) is 0 Å². The second-order valence-electron chi connectivity index (χ2n) is 6.21. The maximum Gasteiger partial charge on any atom is 0.352 e. The molecule has 168 valence electrons. The van der Waals surface area contributed by atoms with Gasteiger partial charge in [-0.25, -0.2) is 9.48 Å². The highest BCUT2D eigenvalue weighted by Crippen LogP contribution is 2.48. The van der Waals surface area contributed by atoms with Crippen molar-refractivity contribution in [2.24, 2.45) is 7.05 Å². The summed E-state index contributed by atoms with van der Waals surface area (Å²) < 4.78 is -0.399. The standard InChI is InChI=1S/C14H14Cl3N7O5S2/c1-22-12(19-20-21-22)31-4-7-3-30-11-14(18-6-25,23(2)29-5-13(15,16)17)10(28)24(11)8(7)9(26)27/h2,6,11H,3-5H2,1H3,(H,18,25)(H,26,27)/t11-,14+/m0/s1. The molecular weight excluding hydrogens is 517 g/mol. The maximum absolute atomic E-state index is 13.1. The van der Waals surface area contributed by atoms with Gasteiger partial charge in [0.1, 0.15) is 17.7 Å². The highest BCUT2D eigenvalue weighted by atomic mass is 35.6. The van der Waals surface area contributed by atoms with E-state index in [-0.39, 0.29) is 23.6 Å². The van der Waals surface area contributed by atoms with Gasteiger partial charge >= 0.3 is 5.97 Å².